The van der Waals surface area contributed by atoms with Crippen molar-refractivity contribution in [1.82, 2.24) is 0 Å². The zero-order chi connectivity index (χ0) is 13.6. The van der Waals surface area contributed by atoms with Crippen LogP contribution in [0.15, 0.2) is 24.3 Å². The van der Waals surface area contributed by atoms with Gasteiger partial charge in [-0.15, -0.1) is 0 Å². The molecule has 0 atom stereocenters. The van der Waals surface area contributed by atoms with E-state index >= 15 is 0 Å². The molecule has 108 valence electrons. The van der Waals surface area contributed by atoms with Gasteiger partial charge in [0.1, 0.15) is 11.4 Å². The fourth-order valence-corrected chi connectivity index (χ4v) is 5.30. The highest BCUT2D eigenvalue weighted by atomic mass is 16.5. The summed E-state index contributed by atoms with van der Waals surface area (Å²) >= 11 is 0. The molecule has 2 heteroatoms. The maximum Gasteiger partial charge on any atom is 0.120 e. The minimum Gasteiger partial charge on any atom is -0.487 e. The highest BCUT2D eigenvalue weighted by Crippen LogP contribution is 2.56. The van der Waals surface area contributed by atoms with Crippen LogP contribution in [0.25, 0.3) is 0 Å². The average molecular weight is 271 g/mol. The smallest absolute Gasteiger partial charge is 0.120 e. The molecule has 0 radical (unpaired) electrons. The van der Waals surface area contributed by atoms with Gasteiger partial charge in [0.15, 0.2) is 0 Å². The van der Waals surface area contributed by atoms with Gasteiger partial charge >= 0.3 is 0 Å². The van der Waals surface area contributed by atoms with Crippen LogP contribution in [0.3, 0.4) is 0 Å². The van der Waals surface area contributed by atoms with E-state index in [1.807, 2.05) is 0 Å². The molecule has 2 N–H and O–H groups in total. The van der Waals surface area contributed by atoms with Crippen LogP contribution in [0.1, 0.15) is 44.1 Å². The van der Waals surface area contributed by atoms with E-state index in [2.05, 4.69) is 24.3 Å². The standard InChI is InChI=1S/C18H25NO/c19-6-5-13-1-3-17(4-2-13)20-18-10-14-7-15(11-18)9-16(8-14)12-18/h1-4,14-16H,5-12,19H2. The Balaban J connectivity index is 1.50. The third-order valence-electron chi connectivity index (χ3n) is 5.67. The molecule has 5 rings (SSSR count). The number of benzene rings is 1. The molecule has 4 saturated carbocycles. The molecule has 2 nitrogen and oxygen atoms in total. The second-order valence-corrected chi connectivity index (χ2v) is 7.39. The van der Waals surface area contributed by atoms with Gasteiger partial charge in [-0.3, -0.25) is 0 Å². The predicted molar refractivity (Wildman–Crippen MR) is 80.7 cm³/mol. The Bertz CT molecular complexity index is 443. The lowest BCUT2D eigenvalue weighted by Crippen LogP contribution is -2.53. The van der Waals surface area contributed by atoms with Gasteiger partial charge in [-0.05, 0) is 86.9 Å². The molecule has 1 aromatic rings. The van der Waals surface area contributed by atoms with Crippen LogP contribution in [0.2, 0.25) is 0 Å². The summed E-state index contributed by atoms with van der Waals surface area (Å²) in [6.45, 7) is 0.717. The SMILES string of the molecule is NCCc1ccc(OC23CC4CC(CC(C4)C2)C3)cc1. The first-order valence-corrected chi connectivity index (χ1v) is 8.23. The Morgan fingerprint density at radius 3 is 2.00 bits per heavy atom. The Labute approximate surface area is 121 Å². The summed E-state index contributed by atoms with van der Waals surface area (Å²) in [6, 6.07) is 8.62. The van der Waals surface area contributed by atoms with E-state index in [9.17, 15) is 0 Å². The Morgan fingerprint density at radius 2 is 1.50 bits per heavy atom. The van der Waals surface area contributed by atoms with Crippen molar-refractivity contribution in [3.63, 3.8) is 0 Å². The molecule has 0 aliphatic heterocycles. The van der Waals surface area contributed by atoms with Gasteiger partial charge in [-0.2, -0.15) is 0 Å². The summed E-state index contributed by atoms with van der Waals surface area (Å²) in [7, 11) is 0. The van der Waals surface area contributed by atoms with Crippen LogP contribution in [-0.2, 0) is 6.42 Å². The van der Waals surface area contributed by atoms with Crippen LogP contribution in [0.5, 0.6) is 5.75 Å². The molecular formula is C18H25NO. The van der Waals surface area contributed by atoms with Crippen LogP contribution < -0.4 is 10.5 Å². The molecule has 4 fully saturated rings. The van der Waals surface area contributed by atoms with E-state index in [1.54, 1.807) is 0 Å². The van der Waals surface area contributed by atoms with Crippen molar-refractivity contribution in [3.8, 4) is 5.75 Å². The highest BCUT2D eigenvalue weighted by Gasteiger charge is 2.52. The van der Waals surface area contributed by atoms with Gasteiger partial charge in [-0.25, -0.2) is 0 Å². The molecule has 4 bridgehead atoms. The van der Waals surface area contributed by atoms with Crippen molar-refractivity contribution in [1.29, 1.82) is 0 Å². The second-order valence-electron chi connectivity index (χ2n) is 7.39. The summed E-state index contributed by atoms with van der Waals surface area (Å²) in [5.41, 5.74) is 7.08. The third-order valence-corrected chi connectivity index (χ3v) is 5.67. The minimum absolute atomic E-state index is 0.171. The van der Waals surface area contributed by atoms with Gasteiger partial charge in [0.25, 0.3) is 0 Å². The third kappa shape index (κ3) is 2.24. The first kappa shape index (κ1) is 12.7. The van der Waals surface area contributed by atoms with E-state index < -0.39 is 0 Å². The first-order valence-electron chi connectivity index (χ1n) is 8.23. The molecule has 0 aromatic heterocycles. The van der Waals surface area contributed by atoms with Crippen LogP contribution in [0.4, 0.5) is 0 Å². The van der Waals surface area contributed by atoms with Gasteiger partial charge in [0.2, 0.25) is 0 Å². The maximum atomic E-state index is 6.52. The largest absolute Gasteiger partial charge is 0.487 e. The first-order chi connectivity index (χ1) is 9.75. The van der Waals surface area contributed by atoms with E-state index in [4.69, 9.17) is 10.5 Å². The van der Waals surface area contributed by atoms with Gasteiger partial charge in [-0.1, -0.05) is 12.1 Å². The normalized spacial score (nSPS) is 38.1. The zero-order valence-corrected chi connectivity index (χ0v) is 12.2. The van der Waals surface area contributed by atoms with Gasteiger partial charge in [0.05, 0.1) is 0 Å². The van der Waals surface area contributed by atoms with Crippen LogP contribution >= 0.6 is 0 Å². The quantitative estimate of drug-likeness (QED) is 0.909. The van der Waals surface area contributed by atoms with Crippen molar-refractivity contribution in [2.75, 3.05) is 6.54 Å². The molecule has 20 heavy (non-hydrogen) atoms. The average Bonchev–Trinajstić information content (AvgIpc) is 2.39. The molecule has 0 spiro atoms. The van der Waals surface area contributed by atoms with E-state index in [1.165, 1.54) is 44.1 Å². The van der Waals surface area contributed by atoms with E-state index in [0.29, 0.717) is 0 Å². The van der Waals surface area contributed by atoms with Gasteiger partial charge in [0, 0.05) is 0 Å². The van der Waals surface area contributed by atoms with Gasteiger partial charge < -0.3 is 10.5 Å². The second kappa shape index (κ2) is 4.77. The molecule has 0 saturated heterocycles. The zero-order valence-electron chi connectivity index (χ0n) is 12.2. The summed E-state index contributed by atoms with van der Waals surface area (Å²) in [4.78, 5) is 0. The Hall–Kier alpha value is -1.02. The van der Waals surface area contributed by atoms with E-state index in [-0.39, 0.29) is 5.60 Å². The van der Waals surface area contributed by atoms with Crippen LogP contribution in [-0.4, -0.2) is 12.1 Å². The molecular weight excluding hydrogens is 246 g/mol. The number of nitrogens with two attached hydrogens (primary N) is 1. The van der Waals surface area contributed by atoms with Crippen molar-refractivity contribution in [2.24, 2.45) is 23.5 Å². The van der Waals surface area contributed by atoms with E-state index in [0.717, 1.165) is 36.5 Å². The van der Waals surface area contributed by atoms with Crippen molar-refractivity contribution in [2.45, 2.75) is 50.5 Å². The molecule has 4 aliphatic rings. The van der Waals surface area contributed by atoms with Crippen molar-refractivity contribution >= 4 is 0 Å². The summed E-state index contributed by atoms with van der Waals surface area (Å²) in [5.74, 6) is 3.89. The molecule has 0 unspecified atom stereocenters. The monoisotopic (exact) mass is 271 g/mol. The Kier molecular flexibility index (Phi) is 3.03. The molecule has 1 aromatic carbocycles. The summed E-state index contributed by atoms with van der Waals surface area (Å²) < 4.78 is 6.52. The molecule has 0 amide bonds. The maximum absolute atomic E-state index is 6.52. The van der Waals surface area contributed by atoms with Crippen molar-refractivity contribution in [3.05, 3.63) is 29.8 Å². The topological polar surface area (TPSA) is 35.2 Å². The number of hydrogen-bond acceptors (Lipinski definition) is 2. The predicted octanol–water partition coefficient (Wildman–Crippen LogP) is 3.54. The van der Waals surface area contributed by atoms with Crippen LogP contribution in [0, 0.1) is 17.8 Å². The molecule has 0 heterocycles. The molecule has 4 aliphatic carbocycles. The lowest BCUT2D eigenvalue weighted by Gasteiger charge is -2.56. The minimum atomic E-state index is 0.171. The number of ether oxygens (including phenoxy) is 1. The summed E-state index contributed by atoms with van der Waals surface area (Å²) in [5, 5.41) is 0. The lowest BCUT2D eigenvalue weighted by atomic mass is 9.54. The van der Waals surface area contributed by atoms with Crippen molar-refractivity contribution < 1.29 is 4.74 Å². The fourth-order valence-electron chi connectivity index (χ4n) is 5.30. The fraction of sp³-hybridized carbons (Fsp3) is 0.667. The number of rotatable bonds is 4. The lowest BCUT2D eigenvalue weighted by molar-refractivity contribution is -0.107. The highest BCUT2D eigenvalue weighted by molar-refractivity contribution is 5.28. The Morgan fingerprint density at radius 1 is 0.950 bits per heavy atom. The number of hydrogen-bond donors (Lipinski definition) is 1. The summed E-state index contributed by atoms with van der Waals surface area (Å²) in [6.07, 6.45) is 9.25.